The number of allylic oxidation sites excluding steroid dienone is 1. The number of rotatable bonds is 8. The second-order valence-corrected chi connectivity index (χ2v) is 9.67. The molecule has 8 nitrogen and oxygen atoms in total. The lowest BCUT2D eigenvalue weighted by atomic mass is 9.93. The van der Waals surface area contributed by atoms with Crippen LogP contribution in [0.3, 0.4) is 0 Å². The van der Waals surface area contributed by atoms with Gasteiger partial charge >= 0.3 is 5.97 Å². The molecule has 190 valence electrons. The van der Waals surface area contributed by atoms with Crippen molar-refractivity contribution in [2.45, 2.75) is 32.9 Å². The highest BCUT2D eigenvalue weighted by atomic mass is 32.2. The van der Waals surface area contributed by atoms with Gasteiger partial charge in [0.25, 0.3) is 0 Å². The van der Waals surface area contributed by atoms with E-state index >= 15 is 0 Å². The summed E-state index contributed by atoms with van der Waals surface area (Å²) >= 11 is 1.44. The molecule has 0 saturated carbocycles. The number of aryl methyl sites for hydroxylation is 1. The molecule has 37 heavy (non-hydrogen) atoms. The molecule has 2 aromatic carbocycles. The van der Waals surface area contributed by atoms with Crippen LogP contribution in [0.25, 0.3) is 0 Å². The maximum atomic E-state index is 13.1. The third kappa shape index (κ3) is 5.13. The van der Waals surface area contributed by atoms with Gasteiger partial charge in [0, 0.05) is 12.2 Å². The van der Waals surface area contributed by atoms with Crippen LogP contribution in [-0.2, 0) is 20.9 Å². The molecule has 5 rings (SSSR count). The lowest BCUT2D eigenvalue weighted by Gasteiger charge is -2.36. The average molecular weight is 518 g/mol. The number of nitrogens with one attached hydrogen (secondary N) is 1. The van der Waals surface area contributed by atoms with Crippen LogP contribution in [0.15, 0.2) is 82.5 Å². The van der Waals surface area contributed by atoms with Crippen LogP contribution in [0.4, 0.5) is 0 Å². The highest BCUT2D eigenvalue weighted by molar-refractivity contribution is 8.16. The monoisotopic (exact) mass is 517 g/mol. The first-order valence-corrected chi connectivity index (χ1v) is 12.8. The molecule has 0 unspecified atom stereocenters. The molecular weight excluding hydrogens is 490 g/mol. The number of hydrogen-bond acceptors (Lipinski definition) is 8. The first-order valence-electron chi connectivity index (χ1n) is 11.9. The zero-order valence-electron chi connectivity index (χ0n) is 20.7. The molecule has 0 bridgehead atoms. The Bertz CT molecular complexity index is 1360. The van der Waals surface area contributed by atoms with Crippen LogP contribution in [-0.4, -0.2) is 35.3 Å². The van der Waals surface area contributed by atoms with Gasteiger partial charge in [-0.05, 0) is 42.5 Å². The number of hydrogen-bond donors (Lipinski definition) is 1. The van der Waals surface area contributed by atoms with E-state index < -0.39 is 12.0 Å². The van der Waals surface area contributed by atoms with Crippen LogP contribution >= 0.6 is 11.8 Å². The van der Waals surface area contributed by atoms with Gasteiger partial charge in [-0.25, -0.2) is 9.79 Å². The van der Waals surface area contributed by atoms with E-state index in [0.29, 0.717) is 29.3 Å². The van der Waals surface area contributed by atoms with E-state index in [1.165, 1.54) is 17.8 Å². The van der Waals surface area contributed by atoms with E-state index in [-0.39, 0.29) is 25.7 Å². The predicted octanol–water partition coefficient (Wildman–Crippen LogP) is 4.73. The number of carbonyl (C=O) groups excluding carboxylic acids is 2. The maximum absolute atomic E-state index is 13.1. The average Bonchev–Trinajstić information content (AvgIpc) is 3.51. The summed E-state index contributed by atoms with van der Waals surface area (Å²) in [6.07, 6.45) is 1.67. The Morgan fingerprint density at radius 1 is 1.22 bits per heavy atom. The van der Waals surface area contributed by atoms with Gasteiger partial charge in [0.1, 0.15) is 6.61 Å². The van der Waals surface area contributed by atoms with Crippen molar-refractivity contribution in [1.29, 1.82) is 0 Å². The smallest absolute Gasteiger partial charge is 0.338 e. The van der Waals surface area contributed by atoms with Crippen molar-refractivity contribution in [3.05, 3.63) is 94.2 Å². The van der Waals surface area contributed by atoms with Gasteiger partial charge in [0.2, 0.25) is 12.7 Å². The lowest BCUT2D eigenvalue weighted by Crippen LogP contribution is -2.38. The second-order valence-electron chi connectivity index (χ2n) is 8.84. The van der Waals surface area contributed by atoms with E-state index in [4.69, 9.17) is 14.2 Å². The van der Waals surface area contributed by atoms with Crippen LogP contribution in [0, 0.1) is 6.92 Å². The molecule has 0 fully saturated rings. The molecule has 1 atom stereocenters. The largest absolute Gasteiger partial charge is 0.458 e. The summed E-state index contributed by atoms with van der Waals surface area (Å²) in [5.41, 5.74) is 4.71. The molecule has 3 heterocycles. The number of fused-ring (bicyclic) bond motifs is 2. The van der Waals surface area contributed by atoms with Crippen LogP contribution in [0.2, 0.25) is 0 Å². The number of thioether (sulfide) groups is 1. The zero-order chi connectivity index (χ0) is 25.9. The van der Waals surface area contributed by atoms with E-state index in [0.717, 1.165) is 27.6 Å². The van der Waals surface area contributed by atoms with Gasteiger partial charge in [-0.1, -0.05) is 60.3 Å². The molecule has 0 spiro atoms. The highest BCUT2D eigenvalue weighted by Crippen LogP contribution is 2.45. The summed E-state index contributed by atoms with van der Waals surface area (Å²) in [6, 6.07) is 13.1. The normalized spacial score (nSPS) is 17.7. The van der Waals surface area contributed by atoms with Gasteiger partial charge in [0.05, 0.1) is 23.7 Å². The Morgan fingerprint density at radius 3 is 2.86 bits per heavy atom. The summed E-state index contributed by atoms with van der Waals surface area (Å²) in [4.78, 5) is 32.8. The number of carbonyl (C=O) groups is 2. The van der Waals surface area contributed by atoms with Gasteiger partial charge in [-0.3, -0.25) is 4.79 Å². The number of ether oxygens (including phenoxy) is 3. The fourth-order valence-electron chi connectivity index (χ4n) is 4.48. The lowest BCUT2D eigenvalue weighted by molar-refractivity contribution is -0.138. The van der Waals surface area contributed by atoms with Crippen LogP contribution in [0.1, 0.15) is 36.1 Å². The summed E-state index contributed by atoms with van der Waals surface area (Å²) in [5.74, 6) is 0.786. The number of esters is 1. The minimum atomic E-state index is -0.465. The van der Waals surface area contributed by atoms with Crippen molar-refractivity contribution in [3.8, 4) is 11.5 Å². The summed E-state index contributed by atoms with van der Waals surface area (Å²) in [7, 11) is 0. The second kappa shape index (κ2) is 10.6. The minimum absolute atomic E-state index is 0.104. The molecular formula is C28H27N3O5S. The first kappa shape index (κ1) is 24.7. The predicted molar refractivity (Wildman–Crippen MR) is 142 cm³/mol. The molecule has 1 N–H and O–H groups in total. The number of amidine groups is 1. The first-order chi connectivity index (χ1) is 17.9. The van der Waals surface area contributed by atoms with Crippen LogP contribution in [0.5, 0.6) is 11.5 Å². The standard InChI is InChI=1S/C28H27N3O5S/c1-4-10-34-27(33)25-18(3)30-28-31(26(25)20-7-5-6-17(2)11-20)21(15-37-28)13-24(32)29-14-19-8-9-22-23(12-19)36-16-35-22/h4-9,11-12,15,26H,1,10,13-14,16H2,2-3H3,(H,29,32)/t26-/m0/s1. The van der Waals surface area contributed by atoms with Gasteiger partial charge in [0.15, 0.2) is 16.7 Å². The number of aliphatic imine (C=N–C) groups is 1. The number of nitrogens with zero attached hydrogens (tertiary/aromatic N) is 2. The van der Waals surface area contributed by atoms with Crippen LogP contribution < -0.4 is 14.8 Å². The number of benzene rings is 2. The third-order valence-corrected chi connectivity index (χ3v) is 7.07. The van der Waals surface area contributed by atoms with Gasteiger partial charge in [-0.15, -0.1) is 0 Å². The summed E-state index contributed by atoms with van der Waals surface area (Å²) in [6.45, 7) is 8.12. The molecule has 0 aromatic heterocycles. The fraction of sp³-hybridized carbons (Fsp3) is 0.250. The maximum Gasteiger partial charge on any atom is 0.338 e. The minimum Gasteiger partial charge on any atom is -0.458 e. The Kier molecular flexibility index (Phi) is 7.05. The van der Waals surface area contributed by atoms with E-state index in [9.17, 15) is 9.59 Å². The molecule has 3 aliphatic rings. The van der Waals surface area contributed by atoms with E-state index in [2.05, 4.69) is 16.9 Å². The Hall–Kier alpha value is -3.98. The fourth-order valence-corrected chi connectivity index (χ4v) is 5.44. The highest BCUT2D eigenvalue weighted by Gasteiger charge is 2.41. The summed E-state index contributed by atoms with van der Waals surface area (Å²) in [5, 5.41) is 5.63. The van der Waals surface area contributed by atoms with E-state index in [1.54, 1.807) is 0 Å². The number of amides is 1. The third-order valence-electron chi connectivity index (χ3n) is 6.18. The van der Waals surface area contributed by atoms with Crippen molar-refractivity contribution in [1.82, 2.24) is 10.2 Å². The van der Waals surface area contributed by atoms with E-state index in [1.807, 2.05) is 66.6 Å². The molecule has 1 amide bonds. The zero-order valence-corrected chi connectivity index (χ0v) is 21.5. The van der Waals surface area contributed by atoms with Crippen molar-refractivity contribution in [2.75, 3.05) is 13.4 Å². The molecule has 0 radical (unpaired) electrons. The molecule has 2 aromatic rings. The van der Waals surface area contributed by atoms with Crippen molar-refractivity contribution in [3.63, 3.8) is 0 Å². The molecule has 0 saturated heterocycles. The SMILES string of the molecule is C=CCOC(=O)C1=C(C)N=C2SC=C(CC(=O)NCc3ccc4c(c3)OCO4)N2[C@H]1c1cccc(C)c1. The Morgan fingerprint density at radius 2 is 2.05 bits per heavy atom. The molecule has 0 aliphatic carbocycles. The van der Waals surface area contributed by atoms with Gasteiger partial charge < -0.3 is 24.4 Å². The quantitative estimate of drug-likeness (QED) is 0.400. The van der Waals surface area contributed by atoms with Gasteiger partial charge in [-0.2, -0.15) is 0 Å². The van der Waals surface area contributed by atoms with Crippen molar-refractivity contribution in [2.24, 2.45) is 4.99 Å². The van der Waals surface area contributed by atoms with Crippen molar-refractivity contribution < 1.29 is 23.8 Å². The molecule has 9 heteroatoms. The topological polar surface area (TPSA) is 89.5 Å². The Labute approximate surface area is 219 Å². The Balaban J connectivity index is 1.37. The van der Waals surface area contributed by atoms with Crippen molar-refractivity contribution >= 4 is 28.8 Å². The molecule has 3 aliphatic heterocycles. The summed E-state index contributed by atoms with van der Waals surface area (Å²) < 4.78 is 16.2.